The highest BCUT2D eigenvalue weighted by Crippen LogP contribution is 2.39. The molecular formula is C20H29BClNO3. The van der Waals surface area contributed by atoms with Crippen LogP contribution in [0.1, 0.15) is 51.7 Å². The van der Waals surface area contributed by atoms with E-state index in [1.807, 2.05) is 12.1 Å². The molecule has 26 heavy (non-hydrogen) atoms. The molecule has 3 fully saturated rings. The van der Waals surface area contributed by atoms with Crippen molar-refractivity contribution in [3.63, 3.8) is 0 Å². The van der Waals surface area contributed by atoms with Crippen LogP contribution in [0.4, 0.5) is 0 Å². The van der Waals surface area contributed by atoms with Gasteiger partial charge in [0.15, 0.2) is 0 Å². The Kier molecular flexibility index (Phi) is 4.48. The largest absolute Gasteiger partial charge is 0.495 e. The second-order valence-corrected chi connectivity index (χ2v) is 9.61. The Morgan fingerprint density at radius 1 is 1.15 bits per heavy atom. The summed E-state index contributed by atoms with van der Waals surface area (Å²) in [5.74, 6) is 0. The lowest BCUT2D eigenvalue weighted by Crippen LogP contribution is -2.49. The number of aryl methyl sites for hydroxylation is 1. The molecule has 2 heterocycles. The first kappa shape index (κ1) is 18.8. The number of rotatable bonds is 3. The van der Waals surface area contributed by atoms with E-state index in [-0.39, 0.29) is 22.8 Å². The summed E-state index contributed by atoms with van der Waals surface area (Å²) in [6.07, 6.45) is 3.48. The molecule has 1 saturated carbocycles. The van der Waals surface area contributed by atoms with Gasteiger partial charge in [-0.2, -0.15) is 0 Å². The number of halogens is 1. The minimum Gasteiger partial charge on any atom is -0.399 e. The van der Waals surface area contributed by atoms with Gasteiger partial charge in [0.2, 0.25) is 0 Å². The zero-order chi connectivity index (χ0) is 18.7. The first-order valence-electron chi connectivity index (χ1n) is 9.62. The van der Waals surface area contributed by atoms with Crippen LogP contribution in [-0.2, 0) is 20.5 Å². The van der Waals surface area contributed by atoms with Crippen molar-refractivity contribution in [2.45, 2.75) is 76.7 Å². The van der Waals surface area contributed by atoms with Gasteiger partial charge in [-0.15, -0.1) is 0 Å². The summed E-state index contributed by atoms with van der Waals surface area (Å²) in [5.41, 5.74) is 2.96. The molecule has 4 rings (SSSR count). The van der Waals surface area contributed by atoms with Crippen LogP contribution in [0.5, 0.6) is 0 Å². The summed E-state index contributed by atoms with van der Waals surface area (Å²) >= 11 is 6.38. The molecule has 4 nitrogen and oxygen atoms in total. The third-order valence-electron chi connectivity index (χ3n) is 6.56. The minimum atomic E-state index is -0.404. The Balaban J connectivity index is 1.59. The smallest absolute Gasteiger partial charge is 0.399 e. The highest BCUT2D eigenvalue weighted by molar-refractivity contribution is 6.63. The van der Waals surface area contributed by atoms with Gasteiger partial charge in [-0.05, 0) is 82.6 Å². The zero-order valence-electron chi connectivity index (χ0n) is 16.4. The molecule has 1 N–H and O–H groups in total. The van der Waals surface area contributed by atoms with Gasteiger partial charge in [-0.3, -0.25) is 0 Å². The van der Waals surface area contributed by atoms with Gasteiger partial charge in [-0.1, -0.05) is 11.6 Å². The molecule has 3 aliphatic rings. The number of hydrogen-bond acceptors (Lipinski definition) is 4. The van der Waals surface area contributed by atoms with Crippen LogP contribution >= 0.6 is 11.6 Å². The maximum Gasteiger partial charge on any atom is 0.495 e. The molecule has 6 heteroatoms. The van der Waals surface area contributed by atoms with Gasteiger partial charge in [0.05, 0.1) is 23.9 Å². The average Bonchev–Trinajstić information content (AvgIpc) is 3.25. The van der Waals surface area contributed by atoms with Crippen LogP contribution in [0.2, 0.25) is 5.02 Å². The molecule has 1 aromatic carbocycles. The fourth-order valence-electron chi connectivity index (χ4n) is 3.81. The molecule has 2 aliphatic heterocycles. The van der Waals surface area contributed by atoms with Gasteiger partial charge in [0.1, 0.15) is 0 Å². The SMILES string of the molecule is Cc1cc(Cl)cc(B2OC(C)(C)C(C)(C)O2)c1CC1CNC2(CC2)CO1. The number of morpholine rings is 1. The van der Waals surface area contributed by atoms with E-state index in [1.165, 1.54) is 18.4 Å². The Bertz CT molecular complexity index is 691. The number of benzene rings is 1. The minimum absolute atomic E-state index is 0.169. The quantitative estimate of drug-likeness (QED) is 0.822. The normalized spacial score (nSPS) is 28.5. The monoisotopic (exact) mass is 377 g/mol. The standard InChI is InChI=1S/C20H29BClNO3/c1-13-8-14(22)9-17(21-25-18(2,3)19(4,5)26-21)16(13)10-15-11-23-20(6-7-20)12-24-15/h8-9,15,23H,6-7,10-12H2,1-5H3. The van der Waals surface area contributed by atoms with Crippen molar-refractivity contribution >= 4 is 24.2 Å². The van der Waals surface area contributed by atoms with Crippen LogP contribution in [-0.4, -0.2) is 43.1 Å². The summed E-state index contributed by atoms with van der Waals surface area (Å²) in [6, 6.07) is 4.01. The number of nitrogens with one attached hydrogen (secondary N) is 1. The Morgan fingerprint density at radius 2 is 1.81 bits per heavy atom. The summed E-state index contributed by atoms with van der Waals surface area (Å²) in [6.45, 7) is 12.1. The van der Waals surface area contributed by atoms with Gasteiger partial charge in [0.25, 0.3) is 0 Å². The molecule has 142 valence electrons. The molecule has 1 atom stereocenters. The lowest BCUT2D eigenvalue weighted by Gasteiger charge is -2.32. The topological polar surface area (TPSA) is 39.7 Å². The Labute approximate surface area is 162 Å². The van der Waals surface area contributed by atoms with E-state index in [0.29, 0.717) is 0 Å². The van der Waals surface area contributed by atoms with E-state index in [9.17, 15) is 0 Å². The van der Waals surface area contributed by atoms with Crippen molar-refractivity contribution < 1.29 is 14.0 Å². The molecule has 0 aromatic heterocycles. The fourth-order valence-corrected chi connectivity index (χ4v) is 4.09. The molecule has 0 bridgehead atoms. The van der Waals surface area contributed by atoms with Crippen LogP contribution < -0.4 is 10.8 Å². The Morgan fingerprint density at radius 3 is 2.35 bits per heavy atom. The summed E-state index contributed by atoms with van der Waals surface area (Å²) in [7, 11) is -0.404. The third-order valence-corrected chi connectivity index (χ3v) is 6.78. The lowest BCUT2D eigenvalue weighted by molar-refractivity contribution is -0.00229. The molecule has 0 amide bonds. The second-order valence-electron chi connectivity index (χ2n) is 9.18. The maximum atomic E-state index is 6.38. The predicted octanol–water partition coefficient (Wildman–Crippen LogP) is 3.01. The summed E-state index contributed by atoms with van der Waals surface area (Å²) in [5, 5.41) is 4.39. The van der Waals surface area contributed by atoms with E-state index in [2.05, 4.69) is 39.9 Å². The van der Waals surface area contributed by atoms with Gasteiger partial charge in [-0.25, -0.2) is 0 Å². The molecule has 1 aliphatic carbocycles. The number of ether oxygens (including phenoxy) is 1. The predicted molar refractivity (Wildman–Crippen MR) is 105 cm³/mol. The van der Waals surface area contributed by atoms with Gasteiger partial charge >= 0.3 is 7.12 Å². The first-order chi connectivity index (χ1) is 12.1. The number of hydrogen-bond donors (Lipinski definition) is 1. The van der Waals surface area contributed by atoms with Crippen molar-refractivity contribution in [2.75, 3.05) is 13.2 Å². The zero-order valence-corrected chi connectivity index (χ0v) is 17.2. The summed E-state index contributed by atoms with van der Waals surface area (Å²) < 4.78 is 18.8. The molecular weight excluding hydrogens is 348 g/mol. The molecule has 1 spiro atoms. The van der Waals surface area contributed by atoms with Crippen LogP contribution in [0.25, 0.3) is 0 Å². The average molecular weight is 378 g/mol. The van der Waals surface area contributed by atoms with Crippen molar-refractivity contribution in [2.24, 2.45) is 0 Å². The van der Waals surface area contributed by atoms with E-state index < -0.39 is 7.12 Å². The first-order valence-corrected chi connectivity index (χ1v) is 10.00. The van der Waals surface area contributed by atoms with E-state index in [0.717, 1.165) is 35.6 Å². The van der Waals surface area contributed by atoms with Crippen molar-refractivity contribution in [1.29, 1.82) is 0 Å². The molecule has 1 unspecified atom stereocenters. The van der Waals surface area contributed by atoms with Crippen molar-refractivity contribution in [1.82, 2.24) is 5.32 Å². The van der Waals surface area contributed by atoms with Crippen molar-refractivity contribution in [3.05, 3.63) is 28.3 Å². The third kappa shape index (κ3) is 3.33. The van der Waals surface area contributed by atoms with Crippen molar-refractivity contribution in [3.8, 4) is 0 Å². The highest BCUT2D eigenvalue weighted by atomic mass is 35.5. The van der Waals surface area contributed by atoms with Gasteiger partial charge < -0.3 is 19.4 Å². The van der Waals surface area contributed by atoms with Gasteiger partial charge in [0, 0.05) is 17.1 Å². The van der Waals surface area contributed by atoms with Crippen LogP contribution in [0.15, 0.2) is 12.1 Å². The Hall–Kier alpha value is -0.585. The van der Waals surface area contributed by atoms with Crippen LogP contribution in [0.3, 0.4) is 0 Å². The maximum absolute atomic E-state index is 6.38. The van der Waals surface area contributed by atoms with Crippen LogP contribution in [0, 0.1) is 6.92 Å². The molecule has 1 aromatic rings. The fraction of sp³-hybridized carbons (Fsp3) is 0.700. The second kappa shape index (κ2) is 6.21. The molecule has 0 radical (unpaired) electrons. The highest BCUT2D eigenvalue weighted by Gasteiger charge is 2.52. The van der Waals surface area contributed by atoms with E-state index in [1.54, 1.807) is 0 Å². The van der Waals surface area contributed by atoms with E-state index >= 15 is 0 Å². The summed E-state index contributed by atoms with van der Waals surface area (Å²) in [4.78, 5) is 0. The van der Waals surface area contributed by atoms with E-state index in [4.69, 9.17) is 25.6 Å². The lowest BCUT2D eigenvalue weighted by atomic mass is 9.73. The molecule has 2 saturated heterocycles.